The van der Waals surface area contributed by atoms with Gasteiger partial charge in [0.2, 0.25) is 5.88 Å². The van der Waals surface area contributed by atoms with Crippen molar-refractivity contribution in [2.24, 2.45) is 0 Å². The van der Waals surface area contributed by atoms with Gasteiger partial charge in [-0.15, -0.1) is 0 Å². The number of hydrogen-bond acceptors (Lipinski definition) is 5. The lowest BCUT2D eigenvalue weighted by molar-refractivity contribution is 0.0696. The summed E-state index contributed by atoms with van der Waals surface area (Å²) >= 11 is 0. The number of aromatic hydroxyl groups is 1. The van der Waals surface area contributed by atoms with Gasteiger partial charge >= 0.3 is 5.97 Å². The Balaban J connectivity index is 1.80. The van der Waals surface area contributed by atoms with Crippen LogP contribution in [0.4, 0.5) is 8.78 Å². The number of carbonyl (C=O) groups is 2. The van der Waals surface area contributed by atoms with E-state index >= 15 is 0 Å². The zero-order valence-corrected chi connectivity index (χ0v) is 15.8. The van der Waals surface area contributed by atoms with E-state index in [9.17, 15) is 23.5 Å². The van der Waals surface area contributed by atoms with Crippen molar-refractivity contribution in [2.45, 2.75) is 25.3 Å². The fourth-order valence-electron chi connectivity index (χ4n) is 2.76. The highest BCUT2D eigenvalue weighted by Crippen LogP contribution is 2.27. The standard InChI is InChI=1S/C21H18F2N2O5/c1-11(12-5-7-13(8-6-12)21(28)29)25-19(27)15-9-14(26)10-24-20(15)30-17-4-2-3-16(22)18(17)23/h2-11,16,18,26H,1H3,(H,25,27)(H,28,29)/t11-,16?,18?/m0/s1. The molecule has 30 heavy (non-hydrogen) atoms. The van der Waals surface area contributed by atoms with Crippen LogP contribution in [0, 0.1) is 0 Å². The zero-order valence-electron chi connectivity index (χ0n) is 15.8. The molecule has 9 heteroatoms. The van der Waals surface area contributed by atoms with Crippen molar-refractivity contribution in [2.75, 3.05) is 0 Å². The van der Waals surface area contributed by atoms with E-state index in [0.717, 1.165) is 18.3 Å². The van der Waals surface area contributed by atoms with Crippen molar-refractivity contribution < 1.29 is 33.3 Å². The number of amides is 1. The second kappa shape index (κ2) is 8.73. The van der Waals surface area contributed by atoms with E-state index in [2.05, 4.69) is 10.3 Å². The Kier molecular flexibility index (Phi) is 6.10. The Labute approximate surface area is 170 Å². The number of nitrogens with zero attached hydrogens (tertiary/aromatic N) is 1. The van der Waals surface area contributed by atoms with Crippen LogP contribution in [0.25, 0.3) is 0 Å². The smallest absolute Gasteiger partial charge is 0.335 e. The van der Waals surface area contributed by atoms with Crippen molar-refractivity contribution in [3.63, 3.8) is 0 Å². The molecule has 0 bridgehead atoms. The molecular formula is C21H18F2N2O5. The number of carbonyl (C=O) groups excluding carboxylic acids is 1. The summed E-state index contributed by atoms with van der Waals surface area (Å²) in [5.74, 6) is -2.71. The molecule has 2 aromatic rings. The summed E-state index contributed by atoms with van der Waals surface area (Å²) in [5.41, 5.74) is 0.558. The first-order valence-corrected chi connectivity index (χ1v) is 8.93. The van der Waals surface area contributed by atoms with Crippen molar-refractivity contribution in [3.05, 3.63) is 77.2 Å². The lowest BCUT2D eigenvalue weighted by atomic mass is 10.1. The predicted molar refractivity (Wildman–Crippen MR) is 103 cm³/mol. The van der Waals surface area contributed by atoms with Crippen molar-refractivity contribution in [3.8, 4) is 11.6 Å². The number of halogens is 2. The SMILES string of the molecule is C[C@H](NC(=O)c1cc(O)cnc1OC1=CC=CC(F)C1F)c1ccc(C(=O)O)cc1. The fourth-order valence-corrected chi connectivity index (χ4v) is 2.76. The average Bonchev–Trinajstić information content (AvgIpc) is 2.72. The van der Waals surface area contributed by atoms with Gasteiger partial charge in [0.1, 0.15) is 17.1 Å². The second-order valence-corrected chi connectivity index (χ2v) is 6.57. The quantitative estimate of drug-likeness (QED) is 0.665. The van der Waals surface area contributed by atoms with Crippen LogP contribution in [0.5, 0.6) is 11.6 Å². The van der Waals surface area contributed by atoms with Gasteiger partial charge < -0.3 is 20.3 Å². The second-order valence-electron chi connectivity index (χ2n) is 6.57. The molecule has 1 aromatic heterocycles. The highest BCUT2D eigenvalue weighted by atomic mass is 19.2. The maximum atomic E-state index is 14.0. The molecule has 0 fully saturated rings. The third-order valence-electron chi connectivity index (χ3n) is 4.41. The number of aromatic carboxylic acids is 1. The van der Waals surface area contributed by atoms with Gasteiger partial charge in [-0.1, -0.05) is 18.2 Å². The normalized spacial score (nSPS) is 19.0. The van der Waals surface area contributed by atoms with Crippen LogP contribution < -0.4 is 10.1 Å². The van der Waals surface area contributed by atoms with Crippen molar-refractivity contribution >= 4 is 11.9 Å². The number of benzene rings is 1. The molecule has 1 aromatic carbocycles. The lowest BCUT2D eigenvalue weighted by Crippen LogP contribution is -2.28. The number of carboxylic acid groups (broad SMARTS) is 1. The Hall–Kier alpha value is -3.75. The minimum Gasteiger partial charge on any atom is -0.506 e. The number of carboxylic acids is 1. The topological polar surface area (TPSA) is 109 Å². The van der Waals surface area contributed by atoms with Crippen molar-refractivity contribution in [1.29, 1.82) is 0 Å². The third-order valence-corrected chi connectivity index (χ3v) is 4.41. The molecule has 3 rings (SSSR count). The minimum atomic E-state index is -2.05. The molecule has 7 nitrogen and oxygen atoms in total. The van der Waals surface area contributed by atoms with Gasteiger partial charge in [0.25, 0.3) is 5.91 Å². The summed E-state index contributed by atoms with van der Waals surface area (Å²) in [7, 11) is 0. The Morgan fingerprint density at radius 3 is 2.60 bits per heavy atom. The Morgan fingerprint density at radius 1 is 1.23 bits per heavy atom. The van der Waals surface area contributed by atoms with Gasteiger partial charge in [0, 0.05) is 0 Å². The predicted octanol–water partition coefficient (Wildman–Crippen LogP) is 3.49. The summed E-state index contributed by atoms with van der Waals surface area (Å²) in [6.07, 6.45) is 0.635. The van der Waals surface area contributed by atoms with E-state index in [1.54, 1.807) is 19.1 Å². The molecule has 3 atom stereocenters. The molecule has 0 saturated heterocycles. The highest BCUT2D eigenvalue weighted by molar-refractivity contribution is 5.97. The summed E-state index contributed by atoms with van der Waals surface area (Å²) in [6, 6.07) is 6.49. The fraction of sp³-hybridized carbons (Fsp3) is 0.190. The van der Waals surface area contributed by atoms with E-state index in [-0.39, 0.29) is 28.5 Å². The molecule has 0 aliphatic heterocycles. The Bertz CT molecular complexity index is 1020. The molecule has 1 aliphatic rings. The van der Waals surface area contributed by atoms with Crippen LogP contribution in [0.3, 0.4) is 0 Å². The summed E-state index contributed by atoms with van der Waals surface area (Å²) in [6.45, 7) is 1.67. The molecular weight excluding hydrogens is 398 g/mol. The summed E-state index contributed by atoms with van der Waals surface area (Å²) in [5, 5.41) is 21.3. The van der Waals surface area contributed by atoms with E-state index in [0.29, 0.717) is 5.56 Å². The van der Waals surface area contributed by atoms with E-state index < -0.39 is 30.3 Å². The number of allylic oxidation sites excluding steroid dienone is 4. The third kappa shape index (κ3) is 4.62. The number of pyridine rings is 1. The monoisotopic (exact) mass is 416 g/mol. The molecule has 3 N–H and O–H groups in total. The van der Waals surface area contributed by atoms with Gasteiger partial charge in [-0.2, -0.15) is 0 Å². The molecule has 1 amide bonds. The maximum absolute atomic E-state index is 14.0. The highest BCUT2D eigenvalue weighted by Gasteiger charge is 2.28. The van der Waals surface area contributed by atoms with Gasteiger partial charge in [-0.25, -0.2) is 18.6 Å². The van der Waals surface area contributed by atoms with Crippen LogP contribution >= 0.6 is 0 Å². The van der Waals surface area contributed by atoms with E-state index in [4.69, 9.17) is 9.84 Å². The molecule has 2 unspecified atom stereocenters. The minimum absolute atomic E-state index is 0.104. The largest absolute Gasteiger partial charge is 0.506 e. The van der Waals surface area contributed by atoms with Gasteiger partial charge in [0.15, 0.2) is 12.3 Å². The maximum Gasteiger partial charge on any atom is 0.335 e. The van der Waals surface area contributed by atoms with Gasteiger partial charge in [-0.3, -0.25) is 4.79 Å². The first kappa shape index (κ1) is 21.0. The van der Waals surface area contributed by atoms with Crippen molar-refractivity contribution in [1.82, 2.24) is 10.3 Å². The Morgan fingerprint density at radius 2 is 1.93 bits per heavy atom. The first-order chi connectivity index (χ1) is 14.3. The van der Waals surface area contributed by atoms with Crippen LogP contribution in [0.15, 0.2) is 60.5 Å². The molecule has 1 aliphatic carbocycles. The number of nitrogens with one attached hydrogen (secondary N) is 1. The summed E-state index contributed by atoms with van der Waals surface area (Å²) < 4.78 is 32.9. The van der Waals surface area contributed by atoms with Crippen LogP contribution in [0.1, 0.15) is 39.2 Å². The van der Waals surface area contributed by atoms with Gasteiger partial charge in [-0.05, 0) is 42.8 Å². The zero-order chi connectivity index (χ0) is 21.8. The van der Waals surface area contributed by atoms with Crippen LogP contribution in [-0.2, 0) is 0 Å². The first-order valence-electron chi connectivity index (χ1n) is 8.93. The number of hydrogen-bond donors (Lipinski definition) is 3. The van der Waals surface area contributed by atoms with Crippen LogP contribution in [0.2, 0.25) is 0 Å². The average molecular weight is 416 g/mol. The lowest BCUT2D eigenvalue weighted by Gasteiger charge is -2.20. The number of rotatable bonds is 6. The molecule has 156 valence electrons. The number of aromatic nitrogens is 1. The van der Waals surface area contributed by atoms with E-state index in [1.807, 2.05) is 0 Å². The molecule has 0 saturated carbocycles. The molecule has 0 spiro atoms. The number of alkyl halides is 2. The molecule has 1 heterocycles. The van der Waals surface area contributed by atoms with E-state index in [1.165, 1.54) is 24.3 Å². The number of ether oxygens (including phenoxy) is 1. The summed E-state index contributed by atoms with van der Waals surface area (Å²) in [4.78, 5) is 27.5. The van der Waals surface area contributed by atoms with Gasteiger partial charge in [0.05, 0.1) is 17.8 Å². The molecule has 0 radical (unpaired) electrons. The van der Waals surface area contributed by atoms with Crippen LogP contribution in [-0.4, -0.2) is 39.4 Å².